The molecule has 4 aliphatic rings. The van der Waals surface area contributed by atoms with Crippen molar-refractivity contribution in [2.75, 3.05) is 6.54 Å². The smallest absolute Gasteiger partial charge is 0.315 e. The van der Waals surface area contributed by atoms with Gasteiger partial charge in [0, 0.05) is 6.54 Å². The molecule has 0 aromatic heterocycles. The first-order chi connectivity index (χ1) is 12.7. The number of nitrogens with one attached hydrogen (secondary N) is 2. The molecule has 6 nitrogen and oxygen atoms in total. The molecule has 148 valence electrons. The van der Waals surface area contributed by atoms with Gasteiger partial charge in [-0.2, -0.15) is 0 Å². The van der Waals surface area contributed by atoms with E-state index in [9.17, 15) is 13.2 Å². The standard InChI is InChI=1S/C20H29N3O3S/c1-13(17-3-2-4-18(8-17)27(21,25)26)23-19(24)22-12-20-9-14-5-15(10-20)7-16(6-14)11-20/h2-4,8,13-16H,5-7,9-12H2,1H3,(H2,21,25,26)(H2,22,23,24). The molecule has 4 bridgehead atoms. The Labute approximate surface area is 161 Å². The second-order valence-corrected chi connectivity index (χ2v) is 10.6. The van der Waals surface area contributed by atoms with E-state index in [1.54, 1.807) is 12.1 Å². The minimum atomic E-state index is -3.75. The molecule has 0 radical (unpaired) electrons. The molecule has 1 atom stereocenters. The SMILES string of the molecule is CC(NC(=O)NCC12CC3CC(CC(C3)C1)C2)c1cccc(S(N)(=O)=O)c1. The highest BCUT2D eigenvalue weighted by Gasteiger charge is 2.50. The third-order valence-corrected chi connectivity index (χ3v) is 7.73. The van der Waals surface area contributed by atoms with E-state index in [1.807, 2.05) is 6.92 Å². The molecule has 0 spiro atoms. The number of sulfonamides is 1. The summed E-state index contributed by atoms with van der Waals surface area (Å²) >= 11 is 0. The van der Waals surface area contributed by atoms with Gasteiger partial charge in [0.2, 0.25) is 10.0 Å². The fourth-order valence-electron chi connectivity index (χ4n) is 6.07. The molecule has 0 saturated heterocycles. The van der Waals surface area contributed by atoms with Gasteiger partial charge in [-0.3, -0.25) is 0 Å². The van der Waals surface area contributed by atoms with Crippen molar-refractivity contribution in [3.8, 4) is 0 Å². The Kier molecular flexibility index (Phi) is 4.71. The molecule has 1 aromatic carbocycles. The van der Waals surface area contributed by atoms with Crippen molar-refractivity contribution < 1.29 is 13.2 Å². The summed E-state index contributed by atoms with van der Waals surface area (Å²) in [6, 6.07) is 5.90. The third kappa shape index (κ3) is 3.99. The second-order valence-electron chi connectivity index (χ2n) is 9.08. The summed E-state index contributed by atoms with van der Waals surface area (Å²) in [5.41, 5.74) is 1.01. The van der Waals surface area contributed by atoms with Crippen LogP contribution in [0.25, 0.3) is 0 Å². The normalized spacial score (nSPS) is 32.9. The van der Waals surface area contributed by atoms with Crippen LogP contribution in [0.3, 0.4) is 0 Å². The molecule has 0 aliphatic heterocycles. The van der Waals surface area contributed by atoms with E-state index in [2.05, 4.69) is 10.6 Å². The molecule has 4 fully saturated rings. The number of carbonyl (C=O) groups is 1. The molecule has 4 N–H and O–H groups in total. The number of rotatable bonds is 5. The zero-order valence-corrected chi connectivity index (χ0v) is 16.6. The summed E-state index contributed by atoms with van der Waals surface area (Å²) in [5, 5.41) is 11.2. The zero-order chi connectivity index (χ0) is 19.2. The highest BCUT2D eigenvalue weighted by Crippen LogP contribution is 2.59. The van der Waals surface area contributed by atoms with Crippen molar-refractivity contribution in [1.82, 2.24) is 10.6 Å². The van der Waals surface area contributed by atoms with Gasteiger partial charge in [-0.15, -0.1) is 0 Å². The summed E-state index contributed by atoms with van der Waals surface area (Å²) in [7, 11) is -3.75. The number of primary sulfonamides is 1. The van der Waals surface area contributed by atoms with E-state index in [4.69, 9.17) is 5.14 Å². The Morgan fingerprint density at radius 2 is 1.78 bits per heavy atom. The topological polar surface area (TPSA) is 101 Å². The maximum absolute atomic E-state index is 12.4. The quantitative estimate of drug-likeness (QED) is 0.719. The van der Waals surface area contributed by atoms with E-state index in [1.165, 1.54) is 50.7 Å². The maximum atomic E-state index is 12.4. The van der Waals surface area contributed by atoms with Crippen LogP contribution in [-0.2, 0) is 10.0 Å². The number of nitrogens with two attached hydrogens (primary N) is 1. The monoisotopic (exact) mass is 391 g/mol. The van der Waals surface area contributed by atoms with Crippen molar-refractivity contribution in [3.63, 3.8) is 0 Å². The largest absolute Gasteiger partial charge is 0.338 e. The molecule has 2 amide bonds. The minimum absolute atomic E-state index is 0.0580. The first kappa shape index (κ1) is 18.7. The van der Waals surface area contributed by atoms with Gasteiger partial charge in [0.05, 0.1) is 10.9 Å². The second kappa shape index (κ2) is 6.78. The number of urea groups is 1. The molecule has 1 unspecified atom stereocenters. The zero-order valence-electron chi connectivity index (χ0n) is 15.8. The molecular weight excluding hydrogens is 362 g/mol. The number of amides is 2. The molecule has 4 saturated carbocycles. The maximum Gasteiger partial charge on any atom is 0.315 e. The van der Waals surface area contributed by atoms with Gasteiger partial charge in [0.25, 0.3) is 0 Å². The average molecular weight is 392 g/mol. The van der Waals surface area contributed by atoms with E-state index >= 15 is 0 Å². The summed E-state index contributed by atoms with van der Waals surface area (Å²) in [6.45, 7) is 2.58. The van der Waals surface area contributed by atoms with Crippen LogP contribution in [0, 0.1) is 23.2 Å². The lowest BCUT2D eigenvalue weighted by atomic mass is 9.49. The Bertz CT molecular complexity index is 801. The molecule has 0 heterocycles. The van der Waals surface area contributed by atoms with Crippen molar-refractivity contribution >= 4 is 16.1 Å². The average Bonchev–Trinajstić information content (AvgIpc) is 2.58. The van der Waals surface area contributed by atoms with Gasteiger partial charge in [-0.05, 0) is 86.3 Å². The fraction of sp³-hybridized carbons (Fsp3) is 0.650. The van der Waals surface area contributed by atoms with Gasteiger partial charge in [-0.1, -0.05) is 12.1 Å². The highest BCUT2D eigenvalue weighted by atomic mass is 32.2. The Morgan fingerprint density at radius 3 is 2.33 bits per heavy atom. The van der Waals surface area contributed by atoms with Crippen molar-refractivity contribution in [2.24, 2.45) is 28.3 Å². The number of hydrogen-bond acceptors (Lipinski definition) is 3. The minimum Gasteiger partial charge on any atom is -0.338 e. The summed E-state index contributed by atoms with van der Waals surface area (Å²) in [5.74, 6) is 2.59. The lowest BCUT2D eigenvalue weighted by molar-refractivity contribution is -0.0498. The van der Waals surface area contributed by atoms with E-state index < -0.39 is 10.0 Å². The van der Waals surface area contributed by atoms with Crippen molar-refractivity contribution in [3.05, 3.63) is 29.8 Å². The summed E-state index contributed by atoms with van der Waals surface area (Å²) in [6.07, 6.45) is 7.94. The van der Waals surface area contributed by atoms with Gasteiger partial charge in [-0.25, -0.2) is 18.4 Å². The molecule has 7 heteroatoms. The van der Waals surface area contributed by atoms with Crippen LogP contribution in [0.4, 0.5) is 4.79 Å². The summed E-state index contributed by atoms with van der Waals surface area (Å²) < 4.78 is 23.0. The predicted octanol–water partition coefficient (Wildman–Crippen LogP) is 2.91. The lowest BCUT2D eigenvalue weighted by Gasteiger charge is -2.56. The van der Waals surface area contributed by atoms with Crippen LogP contribution in [0.1, 0.15) is 57.1 Å². The first-order valence-electron chi connectivity index (χ1n) is 9.90. The van der Waals surface area contributed by atoms with E-state index in [-0.39, 0.29) is 17.0 Å². The first-order valence-corrected chi connectivity index (χ1v) is 11.4. The molecule has 27 heavy (non-hydrogen) atoms. The van der Waals surface area contributed by atoms with E-state index in [0.717, 1.165) is 24.3 Å². The lowest BCUT2D eigenvalue weighted by Crippen LogP contribution is -2.52. The molecule has 1 aromatic rings. The van der Waals surface area contributed by atoms with Crippen molar-refractivity contribution in [1.29, 1.82) is 0 Å². The van der Waals surface area contributed by atoms with Crippen molar-refractivity contribution in [2.45, 2.75) is 56.4 Å². The van der Waals surface area contributed by atoms with Gasteiger partial charge in [0.1, 0.15) is 0 Å². The van der Waals surface area contributed by atoms with Gasteiger partial charge < -0.3 is 10.6 Å². The van der Waals surface area contributed by atoms with Crippen LogP contribution >= 0.6 is 0 Å². The van der Waals surface area contributed by atoms with Crippen LogP contribution in [0.5, 0.6) is 0 Å². The van der Waals surface area contributed by atoms with Crippen LogP contribution in [-0.4, -0.2) is 21.0 Å². The Balaban J connectivity index is 1.35. The highest BCUT2D eigenvalue weighted by molar-refractivity contribution is 7.89. The van der Waals surface area contributed by atoms with Gasteiger partial charge >= 0.3 is 6.03 Å². The number of hydrogen-bond donors (Lipinski definition) is 3. The third-order valence-electron chi connectivity index (χ3n) is 6.82. The molecular formula is C20H29N3O3S. The Hall–Kier alpha value is -1.60. The summed E-state index contributed by atoms with van der Waals surface area (Å²) in [4.78, 5) is 12.5. The number of benzene rings is 1. The van der Waals surface area contributed by atoms with E-state index in [0.29, 0.717) is 11.0 Å². The fourth-order valence-corrected chi connectivity index (χ4v) is 6.63. The van der Waals surface area contributed by atoms with Crippen LogP contribution < -0.4 is 15.8 Å². The van der Waals surface area contributed by atoms with Crippen LogP contribution in [0.2, 0.25) is 0 Å². The Morgan fingerprint density at radius 1 is 1.19 bits per heavy atom. The predicted molar refractivity (Wildman–Crippen MR) is 103 cm³/mol. The van der Waals surface area contributed by atoms with Gasteiger partial charge in [0.15, 0.2) is 0 Å². The molecule has 4 aliphatic carbocycles. The number of carbonyl (C=O) groups excluding carboxylic acids is 1. The van der Waals surface area contributed by atoms with Crippen LogP contribution in [0.15, 0.2) is 29.2 Å². The molecule has 5 rings (SSSR count).